The molecule has 3 N–H and O–H groups in total. The monoisotopic (exact) mass is 137 g/mol. The molecule has 0 atom stereocenters. The van der Waals surface area contributed by atoms with Gasteiger partial charge in [0, 0.05) is 12.3 Å². The van der Waals surface area contributed by atoms with Crippen LogP contribution in [0.2, 0.25) is 0 Å². The first-order chi connectivity index (χ1) is 4.88. The highest BCUT2D eigenvalue weighted by atomic mass is 16.1. The maximum absolute atomic E-state index is 11.0. The van der Waals surface area contributed by atoms with E-state index in [9.17, 15) is 4.79 Å². The third-order valence-electron chi connectivity index (χ3n) is 1.49. The van der Waals surface area contributed by atoms with Crippen molar-refractivity contribution in [1.29, 1.82) is 0 Å². The molecule has 10 heavy (non-hydrogen) atoms. The lowest BCUT2D eigenvalue weighted by Gasteiger charge is -1.93. The van der Waals surface area contributed by atoms with Crippen LogP contribution in [0.5, 0.6) is 0 Å². The van der Waals surface area contributed by atoms with Crippen LogP contribution in [0.25, 0.3) is 0 Å². The third-order valence-corrected chi connectivity index (χ3v) is 1.49. The summed E-state index contributed by atoms with van der Waals surface area (Å²) in [7, 11) is 0. The number of fused-ring (bicyclic) bond motifs is 1. The van der Waals surface area contributed by atoms with Crippen molar-refractivity contribution < 1.29 is 0 Å². The van der Waals surface area contributed by atoms with Gasteiger partial charge in [-0.25, -0.2) is 0 Å². The normalized spacial score (nSPS) is 13.6. The zero-order valence-corrected chi connectivity index (χ0v) is 5.27. The van der Waals surface area contributed by atoms with Crippen molar-refractivity contribution in [2.75, 3.05) is 17.3 Å². The van der Waals surface area contributed by atoms with Crippen LogP contribution < -0.4 is 16.1 Å². The Balaban J connectivity index is 2.70. The lowest BCUT2D eigenvalue weighted by Crippen LogP contribution is -2.05. The summed E-state index contributed by atoms with van der Waals surface area (Å²) in [5, 5.41) is 5.89. The second-order valence-electron chi connectivity index (χ2n) is 2.12. The molecule has 0 amide bonds. The molecular formula is C6H7N3O. The molecule has 1 aromatic heterocycles. The smallest absolute Gasteiger partial charge is 0.206 e. The van der Waals surface area contributed by atoms with E-state index in [1.807, 2.05) is 0 Å². The van der Waals surface area contributed by atoms with E-state index < -0.39 is 0 Å². The van der Waals surface area contributed by atoms with Crippen molar-refractivity contribution >= 4 is 11.5 Å². The van der Waals surface area contributed by atoms with Crippen LogP contribution in [0, 0.1) is 0 Å². The van der Waals surface area contributed by atoms with Crippen LogP contribution in [0.3, 0.4) is 0 Å². The summed E-state index contributed by atoms with van der Waals surface area (Å²) in [5.41, 5.74) is 0.668. The van der Waals surface area contributed by atoms with Crippen molar-refractivity contribution in [2.24, 2.45) is 0 Å². The molecule has 0 spiro atoms. The van der Waals surface area contributed by atoms with Gasteiger partial charge in [-0.15, -0.1) is 0 Å². The molecule has 2 rings (SSSR count). The van der Waals surface area contributed by atoms with Crippen molar-refractivity contribution in [1.82, 2.24) is 4.98 Å². The van der Waals surface area contributed by atoms with Gasteiger partial charge in [0.2, 0.25) is 5.43 Å². The molecule has 0 saturated heterocycles. The predicted octanol–water partition coefficient (Wildman–Crippen LogP) is 0.170. The van der Waals surface area contributed by atoms with E-state index in [0.717, 1.165) is 5.82 Å². The summed E-state index contributed by atoms with van der Waals surface area (Å²) < 4.78 is 0. The quantitative estimate of drug-likeness (QED) is 0.477. The minimum Gasteiger partial charge on any atom is -0.362 e. The summed E-state index contributed by atoms with van der Waals surface area (Å²) in [4.78, 5) is 13.9. The zero-order valence-electron chi connectivity index (χ0n) is 5.27. The van der Waals surface area contributed by atoms with Gasteiger partial charge in [0.25, 0.3) is 0 Å². The number of hydrogen-bond acceptors (Lipinski definition) is 3. The minimum absolute atomic E-state index is 0.0266. The average Bonchev–Trinajstić information content (AvgIpc) is 2.36. The van der Waals surface area contributed by atoms with Gasteiger partial charge in [0.15, 0.2) is 0 Å². The van der Waals surface area contributed by atoms with Crippen molar-refractivity contribution in [3.8, 4) is 0 Å². The van der Waals surface area contributed by atoms with Crippen molar-refractivity contribution in [3.05, 3.63) is 22.5 Å². The van der Waals surface area contributed by atoms with E-state index in [-0.39, 0.29) is 5.43 Å². The Labute approximate surface area is 57.3 Å². The van der Waals surface area contributed by atoms with Crippen LogP contribution in [0.1, 0.15) is 0 Å². The first kappa shape index (κ1) is 5.34. The minimum atomic E-state index is 0.0266. The fourth-order valence-electron chi connectivity index (χ4n) is 1.02. The molecule has 0 bridgehead atoms. The maximum atomic E-state index is 11.0. The van der Waals surface area contributed by atoms with Gasteiger partial charge in [-0.1, -0.05) is 0 Å². The molecule has 1 aromatic rings. The van der Waals surface area contributed by atoms with E-state index in [2.05, 4.69) is 15.6 Å². The Kier molecular flexibility index (Phi) is 0.943. The Morgan fingerprint density at radius 2 is 2.30 bits per heavy atom. The zero-order chi connectivity index (χ0) is 6.97. The summed E-state index contributed by atoms with van der Waals surface area (Å²) in [6.45, 7) is 0.630. The van der Waals surface area contributed by atoms with Gasteiger partial charge in [-0.3, -0.25) is 4.79 Å². The molecule has 0 saturated carbocycles. The summed E-state index contributed by atoms with van der Waals surface area (Å²) in [6.07, 6.45) is 1.63. The molecule has 0 unspecified atom stereocenters. The highest BCUT2D eigenvalue weighted by molar-refractivity contribution is 5.68. The fraction of sp³-hybridized carbons (Fsp3) is 0.167. The molecule has 4 nitrogen and oxygen atoms in total. The van der Waals surface area contributed by atoms with E-state index in [1.54, 1.807) is 6.20 Å². The average molecular weight is 137 g/mol. The standard InChI is InChI=1S/C6H7N3O/c10-4-1-2-7-6-5(4)8-3-9-6/h1-2,8H,3H2,(H2,7,9,10). The van der Waals surface area contributed by atoms with Crippen LogP contribution in [0.4, 0.5) is 11.5 Å². The molecule has 52 valence electrons. The molecular weight excluding hydrogens is 130 g/mol. The number of rotatable bonds is 0. The number of hydrogen-bond donors (Lipinski definition) is 3. The van der Waals surface area contributed by atoms with Crippen LogP contribution in [-0.2, 0) is 0 Å². The van der Waals surface area contributed by atoms with Gasteiger partial charge in [-0.2, -0.15) is 0 Å². The molecule has 4 heteroatoms. The summed E-state index contributed by atoms with van der Waals surface area (Å²) >= 11 is 0. The van der Waals surface area contributed by atoms with Gasteiger partial charge in [0.05, 0.1) is 6.67 Å². The van der Waals surface area contributed by atoms with Gasteiger partial charge < -0.3 is 15.6 Å². The number of H-pyrrole nitrogens is 1. The molecule has 1 aliphatic rings. The Morgan fingerprint density at radius 1 is 1.40 bits per heavy atom. The third kappa shape index (κ3) is 0.586. The van der Waals surface area contributed by atoms with Gasteiger partial charge in [-0.05, 0) is 0 Å². The number of anilines is 2. The number of pyridine rings is 1. The van der Waals surface area contributed by atoms with Crippen LogP contribution in [0.15, 0.2) is 17.1 Å². The van der Waals surface area contributed by atoms with Gasteiger partial charge >= 0.3 is 0 Å². The summed E-state index contributed by atoms with van der Waals surface area (Å²) in [6, 6.07) is 1.50. The fourth-order valence-corrected chi connectivity index (χ4v) is 1.02. The Hall–Kier alpha value is -1.45. The second kappa shape index (κ2) is 1.76. The van der Waals surface area contributed by atoms with Crippen molar-refractivity contribution in [3.63, 3.8) is 0 Å². The molecule has 0 aliphatic carbocycles. The second-order valence-corrected chi connectivity index (χ2v) is 2.12. The van der Waals surface area contributed by atoms with Crippen LogP contribution in [-0.4, -0.2) is 11.7 Å². The maximum Gasteiger partial charge on any atom is 0.206 e. The molecule has 0 fully saturated rings. The lowest BCUT2D eigenvalue weighted by atomic mass is 10.4. The number of nitrogens with one attached hydrogen (secondary N) is 3. The first-order valence-electron chi connectivity index (χ1n) is 3.07. The molecule has 0 aromatic carbocycles. The highest BCUT2D eigenvalue weighted by Gasteiger charge is 2.10. The van der Waals surface area contributed by atoms with E-state index in [1.165, 1.54) is 6.07 Å². The van der Waals surface area contributed by atoms with Crippen molar-refractivity contribution in [2.45, 2.75) is 0 Å². The predicted molar refractivity (Wildman–Crippen MR) is 39.2 cm³/mol. The molecule has 2 heterocycles. The Bertz CT molecular complexity index is 304. The number of aromatic amines is 1. The topological polar surface area (TPSA) is 56.9 Å². The first-order valence-corrected chi connectivity index (χ1v) is 3.07. The highest BCUT2D eigenvalue weighted by Crippen LogP contribution is 2.16. The molecule has 0 radical (unpaired) electrons. The lowest BCUT2D eigenvalue weighted by molar-refractivity contribution is 1.27. The van der Waals surface area contributed by atoms with E-state index in [0.29, 0.717) is 12.4 Å². The largest absolute Gasteiger partial charge is 0.362 e. The van der Waals surface area contributed by atoms with Gasteiger partial charge in [0.1, 0.15) is 11.5 Å². The Morgan fingerprint density at radius 3 is 3.10 bits per heavy atom. The van der Waals surface area contributed by atoms with E-state index >= 15 is 0 Å². The summed E-state index contributed by atoms with van der Waals surface area (Å²) in [5.74, 6) is 0.785. The van der Waals surface area contributed by atoms with Crippen LogP contribution >= 0.6 is 0 Å². The molecule has 1 aliphatic heterocycles. The number of aromatic nitrogens is 1. The SMILES string of the molecule is O=c1cc[nH]c2c1NCN2. The van der Waals surface area contributed by atoms with E-state index in [4.69, 9.17) is 0 Å².